The fourth-order valence-corrected chi connectivity index (χ4v) is 5.42. The minimum absolute atomic E-state index is 0. The maximum atomic E-state index is 12.6. The second-order valence-electron chi connectivity index (χ2n) is 9.25. The van der Waals surface area contributed by atoms with E-state index in [9.17, 15) is 9.59 Å². The summed E-state index contributed by atoms with van der Waals surface area (Å²) in [7, 11) is 0. The summed E-state index contributed by atoms with van der Waals surface area (Å²) in [5.41, 5.74) is 6.12. The zero-order chi connectivity index (χ0) is 25.1. The standard InChI is InChI=1S/C30H27N2O3S.Na.H2O/c1-20-27(31-29(34)35-21(2)22-7-4-3-5-8-22)28(36-32-20)25-11-9-23(10-12-25)24-13-15-26(16-14-24)30(19-33)17-6-18-30;;/h3-5,7-16,21H,6,17-18H2,1-2H3,(H,31,34);;1H2/q-1;+1;/p-1/t21-;;/m1../s1. The van der Waals surface area contributed by atoms with Crippen LogP contribution in [0.1, 0.15) is 49.1 Å². The number of carbonyl (C=O) groups excluding carboxylic acids is 2. The molecule has 1 atom stereocenters. The largest absolute Gasteiger partial charge is 1.00 e. The maximum absolute atomic E-state index is 12.6. The zero-order valence-corrected chi connectivity index (χ0v) is 24.5. The fourth-order valence-electron chi connectivity index (χ4n) is 4.57. The van der Waals surface area contributed by atoms with Crippen molar-refractivity contribution in [1.82, 2.24) is 4.37 Å². The van der Waals surface area contributed by atoms with E-state index in [1.54, 1.807) is 0 Å². The topological polar surface area (TPSA) is 98.3 Å². The molecule has 190 valence electrons. The number of aryl methyl sites for hydroxylation is 1. The Kier molecular flexibility index (Phi) is 10.0. The van der Waals surface area contributed by atoms with Crippen molar-refractivity contribution in [3.05, 3.63) is 95.7 Å². The third-order valence-electron chi connectivity index (χ3n) is 6.96. The van der Waals surface area contributed by atoms with Gasteiger partial charge < -0.3 is 15.0 Å². The molecule has 3 aromatic carbocycles. The first-order chi connectivity index (χ1) is 17.5. The normalized spacial score (nSPS) is 14.2. The van der Waals surface area contributed by atoms with Crippen LogP contribution in [0.15, 0.2) is 78.9 Å². The molecule has 4 aromatic rings. The fraction of sp³-hybridized carbons (Fsp3) is 0.233. The molecule has 1 saturated carbocycles. The molecule has 0 bridgehead atoms. The van der Waals surface area contributed by atoms with Crippen LogP contribution in [0.3, 0.4) is 0 Å². The molecule has 1 aliphatic rings. The van der Waals surface area contributed by atoms with Crippen molar-refractivity contribution in [2.75, 3.05) is 5.32 Å². The molecule has 0 aliphatic heterocycles. The molecule has 6 nitrogen and oxygen atoms in total. The average Bonchev–Trinajstić information content (AvgIpc) is 3.24. The monoisotopic (exact) mass is 535 g/mol. The summed E-state index contributed by atoms with van der Waals surface area (Å²) in [6.07, 6.45) is 4.23. The predicted molar refractivity (Wildman–Crippen MR) is 146 cm³/mol. The van der Waals surface area contributed by atoms with Crippen LogP contribution >= 0.6 is 11.5 Å². The van der Waals surface area contributed by atoms with Gasteiger partial charge in [0.2, 0.25) is 0 Å². The van der Waals surface area contributed by atoms with E-state index < -0.39 is 11.5 Å². The number of nitrogens with one attached hydrogen (secondary N) is 1. The van der Waals surface area contributed by atoms with E-state index in [1.807, 2.05) is 68.4 Å². The first-order valence-electron chi connectivity index (χ1n) is 12.1. The van der Waals surface area contributed by atoms with Crippen molar-refractivity contribution < 1.29 is 49.4 Å². The molecule has 1 heterocycles. The number of carbonyl (C=O) groups is 1. The summed E-state index contributed by atoms with van der Waals surface area (Å²) >= 11 is 1.35. The van der Waals surface area contributed by atoms with Gasteiger partial charge in [0, 0.05) is 0 Å². The molecule has 38 heavy (non-hydrogen) atoms. The van der Waals surface area contributed by atoms with E-state index in [2.05, 4.69) is 40.2 Å². The molecule has 0 radical (unpaired) electrons. The Balaban J connectivity index is 0.00000200. The molecule has 2 N–H and O–H groups in total. The second kappa shape index (κ2) is 12.8. The van der Waals surface area contributed by atoms with Gasteiger partial charge in [-0.3, -0.25) is 11.6 Å². The first kappa shape index (κ1) is 29.7. The minimum atomic E-state index is -0.510. The SMILES string of the molecule is Cc1nsc(-c2ccc(-c3ccc(C4([C-]=O)CCC4)cc3)cc2)c1NC(=O)O[C@H](C)c1ccccc1.[Na+].[OH-]. The Labute approximate surface area is 249 Å². The van der Waals surface area contributed by atoms with Gasteiger partial charge in [0.1, 0.15) is 6.10 Å². The Morgan fingerprint density at radius 3 is 2.11 bits per heavy atom. The number of rotatable bonds is 7. The Morgan fingerprint density at radius 2 is 1.55 bits per heavy atom. The van der Waals surface area contributed by atoms with Crippen molar-refractivity contribution in [2.24, 2.45) is 0 Å². The third kappa shape index (κ3) is 6.08. The number of benzene rings is 3. The summed E-state index contributed by atoms with van der Waals surface area (Å²) in [4.78, 5) is 25.0. The number of aromatic nitrogens is 1. The molecule has 1 aliphatic carbocycles. The molecule has 5 rings (SSSR count). The van der Waals surface area contributed by atoms with Gasteiger partial charge in [-0.15, -0.1) is 5.41 Å². The van der Waals surface area contributed by atoms with E-state index in [1.165, 1.54) is 11.5 Å². The van der Waals surface area contributed by atoms with Crippen LogP contribution in [0.4, 0.5) is 10.5 Å². The molecular weight excluding hydrogens is 507 g/mol. The number of nitrogens with zero attached hydrogens (tertiary/aromatic N) is 1. The smallest absolute Gasteiger partial charge is 0.870 e. The van der Waals surface area contributed by atoms with Crippen molar-refractivity contribution in [1.29, 1.82) is 0 Å². The number of ether oxygens (including phenoxy) is 1. The van der Waals surface area contributed by atoms with Crippen LogP contribution < -0.4 is 34.9 Å². The summed E-state index contributed by atoms with van der Waals surface area (Å²) in [5, 5.41) is 2.90. The minimum Gasteiger partial charge on any atom is -0.870 e. The average molecular weight is 536 g/mol. The van der Waals surface area contributed by atoms with E-state index in [4.69, 9.17) is 4.74 Å². The maximum Gasteiger partial charge on any atom is 1.00 e. The summed E-state index contributed by atoms with van der Waals surface area (Å²) < 4.78 is 10.0. The van der Waals surface area contributed by atoms with Crippen LogP contribution in [0.2, 0.25) is 0 Å². The van der Waals surface area contributed by atoms with Gasteiger partial charge >= 0.3 is 35.7 Å². The van der Waals surface area contributed by atoms with Crippen LogP contribution in [0, 0.1) is 6.92 Å². The molecule has 1 amide bonds. The van der Waals surface area contributed by atoms with Gasteiger partial charge in [0.25, 0.3) is 0 Å². The van der Waals surface area contributed by atoms with Crippen LogP contribution in [0.25, 0.3) is 21.6 Å². The number of hydrogen-bond donors (Lipinski definition) is 1. The Hall–Kier alpha value is -2.81. The second-order valence-corrected chi connectivity index (χ2v) is 10.0. The van der Waals surface area contributed by atoms with Crippen molar-refractivity contribution in [3.63, 3.8) is 0 Å². The van der Waals surface area contributed by atoms with Gasteiger partial charge in [-0.25, -0.2) is 4.79 Å². The van der Waals surface area contributed by atoms with Crippen LogP contribution in [-0.2, 0) is 14.9 Å². The molecule has 8 heteroatoms. The quantitative estimate of drug-likeness (QED) is 0.279. The van der Waals surface area contributed by atoms with Crippen LogP contribution in [-0.4, -0.2) is 22.2 Å². The molecule has 1 aromatic heterocycles. The number of hydrogen-bond acceptors (Lipinski definition) is 6. The Bertz CT molecular complexity index is 1370. The van der Waals surface area contributed by atoms with E-state index in [-0.39, 0.29) is 41.1 Å². The van der Waals surface area contributed by atoms with E-state index >= 15 is 0 Å². The van der Waals surface area contributed by atoms with Crippen molar-refractivity contribution in [3.8, 4) is 21.6 Å². The summed E-state index contributed by atoms with van der Waals surface area (Å²) in [6, 6.07) is 26.0. The van der Waals surface area contributed by atoms with Gasteiger partial charge in [-0.1, -0.05) is 104 Å². The third-order valence-corrected chi connectivity index (χ3v) is 7.95. The summed E-state index contributed by atoms with van der Waals surface area (Å²) in [5.74, 6) is 0. The van der Waals surface area contributed by atoms with Gasteiger partial charge in [-0.05, 0) is 47.6 Å². The summed E-state index contributed by atoms with van der Waals surface area (Å²) in [6.45, 7) is 3.72. The van der Waals surface area contributed by atoms with Crippen LogP contribution in [0.5, 0.6) is 0 Å². The van der Waals surface area contributed by atoms with E-state index in [0.717, 1.165) is 57.7 Å². The van der Waals surface area contributed by atoms with Gasteiger partial charge in [0.15, 0.2) is 0 Å². The van der Waals surface area contributed by atoms with Crippen molar-refractivity contribution in [2.45, 2.75) is 44.6 Å². The number of amides is 1. The molecule has 0 saturated heterocycles. The molecule has 1 fully saturated rings. The van der Waals surface area contributed by atoms with Crippen molar-refractivity contribution >= 4 is 29.6 Å². The Morgan fingerprint density at radius 1 is 0.974 bits per heavy atom. The molecule has 0 spiro atoms. The van der Waals surface area contributed by atoms with E-state index in [0.29, 0.717) is 5.69 Å². The van der Waals surface area contributed by atoms with Gasteiger partial charge in [0.05, 0.1) is 16.3 Å². The first-order valence-corrected chi connectivity index (χ1v) is 12.9. The number of anilines is 1. The predicted octanol–water partition coefficient (Wildman–Crippen LogP) is 4.45. The zero-order valence-electron chi connectivity index (χ0n) is 21.7. The molecule has 0 unspecified atom stereocenters. The molecular formula is C30H28N2NaO4S-. The van der Waals surface area contributed by atoms with Gasteiger partial charge in [-0.2, -0.15) is 4.37 Å².